The molecule has 0 saturated heterocycles. The van der Waals surface area contributed by atoms with Crippen LogP contribution in [0.1, 0.15) is 0 Å². The van der Waals surface area contributed by atoms with Gasteiger partial charge in [0.15, 0.2) is 0 Å². The molecule has 0 aliphatic rings. The molecule has 8 nitrogen and oxygen atoms in total. The minimum Gasteiger partial charge on any atom is -1.00 e. The third-order valence-electron chi connectivity index (χ3n) is 0.425. The van der Waals surface area contributed by atoms with Gasteiger partial charge in [0.25, 0.3) is 0 Å². The Hall–Kier alpha value is 0.549. The monoisotopic (exact) mass is 319 g/mol. The van der Waals surface area contributed by atoms with Gasteiger partial charge in [0.2, 0.25) is 9.15 Å². The van der Waals surface area contributed by atoms with Crippen molar-refractivity contribution in [3.63, 3.8) is 0 Å². The summed E-state index contributed by atoms with van der Waals surface area (Å²) in [5, 5.41) is 0. The first-order valence-electron chi connectivity index (χ1n) is 2.50. The minimum absolute atomic E-state index is 0. The van der Waals surface area contributed by atoms with E-state index in [1.807, 2.05) is 0 Å². The Kier molecular flexibility index (Phi) is 17.3. The van der Waals surface area contributed by atoms with Crippen LogP contribution in [0.2, 0.25) is 0 Å². The van der Waals surface area contributed by atoms with E-state index in [0.717, 1.165) is 0 Å². The van der Waals surface area contributed by atoms with E-state index in [0.29, 0.717) is 13.1 Å². The Morgan fingerprint density at radius 3 is 1.21 bits per heavy atom. The standard InChI is InChI=1S/C2H8N2.ClH.Cu.H2O6S2/c3-1-2-4;;;1-7(2,3)8(4,5)6/h1-4H2;1H;;(H,1,2,3)(H,4,5,6)/q;;+2;/p-2. The van der Waals surface area contributed by atoms with Crippen molar-refractivity contribution in [2.75, 3.05) is 13.1 Å². The van der Waals surface area contributed by atoms with Gasteiger partial charge in [0, 0.05) is 13.1 Å². The Labute approximate surface area is 98.2 Å². The Morgan fingerprint density at radius 1 is 1.07 bits per heavy atom. The van der Waals surface area contributed by atoms with E-state index in [1.165, 1.54) is 0 Å². The average molecular weight is 320 g/mol. The van der Waals surface area contributed by atoms with Crippen LogP contribution < -0.4 is 23.9 Å². The molecule has 0 fully saturated rings. The van der Waals surface area contributed by atoms with Gasteiger partial charge in [-0.3, -0.25) is 4.55 Å². The summed E-state index contributed by atoms with van der Waals surface area (Å²) in [6.07, 6.45) is 0. The molecule has 0 saturated carbocycles. The fourth-order valence-electron chi connectivity index (χ4n) is 0. The van der Waals surface area contributed by atoms with E-state index < -0.39 is 18.3 Å². The molecule has 0 spiro atoms. The van der Waals surface area contributed by atoms with Crippen LogP contribution in [0.3, 0.4) is 0 Å². The zero-order chi connectivity index (χ0) is 10.4. The summed E-state index contributed by atoms with van der Waals surface area (Å²) in [5.41, 5.74) is 9.81. The summed E-state index contributed by atoms with van der Waals surface area (Å²) < 4.78 is 53.8. The molecule has 0 aromatic heterocycles. The molecule has 93 valence electrons. The molecule has 1 radical (unpaired) electrons. The molecule has 5 N–H and O–H groups in total. The quantitative estimate of drug-likeness (QED) is 0.257. The summed E-state index contributed by atoms with van der Waals surface area (Å²) in [7, 11) is -11.0. The van der Waals surface area contributed by atoms with Gasteiger partial charge in [-0.05, 0) is 0 Å². The van der Waals surface area contributed by atoms with Crippen molar-refractivity contribution in [1.29, 1.82) is 0 Å². The van der Waals surface area contributed by atoms with E-state index in [4.69, 9.17) is 16.0 Å². The molecule has 0 aromatic carbocycles. The summed E-state index contributed by atoms with van der Waals surface area (Å²) in [4.78, 5) is 0. The smallest absolute Gasteiger partial charge is 1.00 e. The molecule has 0 aliphatic carbocycles. The molecule has 0 bridgehead atoms. The number of hydrogen-bond donors (Lipinski definition) is 3. The number of nitrogens with two attached hydrogens (primary N) is 2. The van der Waals surface area contributed by atoms with Gasteiger partial charge < -0.3 is 28.4 Å². The van der Waals surface area contributed by atoms with Crippen molar-refractivity contribution >= 4 is 18.3 Å². The van der Waals surface area contributed by atoms with Gasteiger partial charge in [-0.25, -0.2) is 8.42 Å². The van der Waals surface area contributed by atoms with Crippen molar-refractivity contribution in [1.82, 2.24) is 0 Å². The average Bonchev–Trinajstić information content (AvgIpc) is 1.84. The number of halogens is 1. The van der Waals surface area contributed by atoms with Crippen LogP contribution in [0.5, 0.6) is 0 Å². The largest absolute Gasteiger partial charge is 2.00 e. The second-order valence-electron chi connectivity index (χ2n) is 1.41. The predicted octanol–water partition coefficient (Wildman–Crippen LogP) is -5.76. The first-order valence-corrected chi connectivity index (χ1v) is 5.86. The Balaban J connectivity index is -0.0000000733. The van der Waals surface area contributed by atoms with Gasteiger partial charge in [-0.15, -0.1) is 0 Å². The molecule has 0 atom stereocenters. The van der Waals surface area contributed by atoms with E-state index in [2.05, 4.69) is 0 Å². The third kappa shape index (κ3) is 15.0. The number of rotatable bonds is 2. The minimum atomic E-state index is -5.56. The van der Waals surface area contributed by atoms with E-state index in [-0.39, 0.29) is 29.5 Å². The molecule has 0 rings (SSSR count). The van der Waals surface area contributed by atoms with Gasteiger partial charge in [0.05, 0.1) is 0 Å². The second kappa shape index (κ2) is 10.1. The van der Waals surface area contributed by atoms with Crippen LogP contribution in [-0.2, 0) is 35.4 Å². The molecule has 12 heteroatoms. The fraction of sp³-hybridized carbons (Fsp3) is 1.00. The van der Waals surface area contributed by atoms with Crippen molar-refractivity contribution in [2.24, 2.45) is 11.5 Å². The second-order valence-corrected chi connectivity index (χ2v) is 5.57. The topological polar surface area (TPSA) is 164 Å². The van der Waals surface area contributed by atoms with Crippen molar-refractivity contribution in [3.8, 4) is 0 Å². The van der Waals surface area contributed by atoms with Gasteiger partial charge >= 0.3 is 26.2 Å². The van der Waals surface area contributed by atoms with Crippen LogP contribution in [-0.4, -0.2) is 39.0 Å². The summed E-state index contributed by atoms with van der Waals surface area (Å²) >= 11 is 0. The molecule has 0 unspecified atom stereocenters. The maximum absolute atomic E-state index is 9.31. The van der Waals surface area contributed by atoms with Gasteiger partial charge in [-0.2, -0.15) is 8.42 Å². The van der Waals surface area contributed by atoms with Crippen molar-refractivity contribution in [2.45, 2.75) is 0 Å². The number of hydrogen-bond acceptors (Lipinski definition) is 7. The first kappa shape index (κ1) is 24.0. The molecule has 0 heterocycles. The van der Waals surface area contributed by atoms with Gasteiger partial charge in [-0.1, -0.05) is 0 Å². The van der Waals surface area contributed by atoms with Crippen LogP contribution in [0, 0.1) is 0 Å². The SMILES string of the molecule is NCCN.O=S(=O)([O-])S(=O)(=O)O.[Cl-].[Cu+2]. The molecular weight excluding hydrogens is 311 g/mol. The molecule has 0 aromatic rings. The van der Waals surface area contributed by atoms with E-state index >= 15 is 0 Å². The third-order valence-corrected chi connectivity index (χ3v) is 2.49. The summed E-state index contributed by atoms with van der Waals surface area (Å²) in [5.74, 6) is 0. The first-order chi connectivity index (χ1) is 5.16. The van der Waals surface area contributed by atoms with Crippen LogP contribution >= 0.6 is 0 Å². The van der Waals surface area contributed by atoms with Crippen LogP contribution in [0.15, 0.2) is 0 Å². The zero-order valence-electron chi connectivity index (χ0n) is 6.55. The molecule has 0 aliphatic heterocycles. The Morgan fingerprint density at radius 2 is 1.21 bits per heavy atom. The van der Waals surface area contributed by atoms with Crippen LogP contribution in [0.4, 0.5) is 0 Å². The maximum Gasteiger partial charge on any atom is 2.00 e. The van der Waals surface area contributed by atoms with Crippen molar-refractivity contribution in [3.05, 3.63) is 0 Å². The summed E-state index contributed by atoms with van der Waals surface area (Å²) in [6, 6.07) is 0. The van der Waals surface area contributed by atoms with Crippen LogP contribution in [0.25, 0.3) is 0 Å². The predicted molar refractivity (Wildman–Crippen MR) is 39.4 cm³/mol. The molecule has 14 heavy (non-hydrogen) atoms. The Bertz CT molecular complexity index is 268. The zero-order valence-corrected chi connectivity index (χ0v) is 9.88. The maximum atomic E-state index is 9.31. The van der Waals surface area contributed by atoms with Gasteiger partial charge in [0.1, 0.15) is 0 Å². The summed E-state index contributed by atoms with van der Waals surface area (Å²) in [6.45, 7) is 1.19. The molecular formula is C2H9ClCuN2O6S2. The normalized spacial score (nSPS) is 10.0. The van der Waals surface area contributed by atoms with Crippen molar-refractivity contribution < 1.29 is 55.4 Å². The van der Waals surface area contributed by atoms with E-state index in [1.54, 1.807) is 0 Å². The van der Waals surface area contributed by atoms with E-state index in [9.17, 15) is 21.4 Å². The fourth-order valence-corrected chi connectivity index (χ4v) is 0. The molecule has 0 amide bonds.